The van der Waals surface area contributed by atoms with Crippen LogP contribution in [0.15, 0.2) is 107 Å². The molecule has 1 aliphatic carbocycles. The minimum Gasteiger partial charge on any atom is -0.344 e. The first kappa shape index (κ1) is 31.1. The van der Waals surface area contributed by atoms with Crippen LogP contribution in [0.3, 0.4) is 0 Å². The topological polar surface area (TPSA) is 57.6 Å². The van der Waals surface area contributed by atoms with Crippen LogP contribution in [0, 0.1) is 6.92 Å². The lowest BCUT2D eigenvalue weighted by Gasteiger charge is -2.28. The zero-order valence-electron chi connectivity index (χ0n) is 24.9. The van der Waals surface area contributed by atoms with E-state index >= 15 is 0 Å². The molecular weight excluding hydrogens is 550 g/mol. The van der Waals surface area contributed by atoms with Crippen molar-refractivity contribution < 1.29 is 13.0 Å². The highest BCUT2D eigenvalue weighted by atomic mass is 35.5. The van der Waals surface area contributed by atoms with E-state index < -0.39 is 10.1 Å². The summed E-state index contributed by atoms with van der Waals surface area (Å²) in [5.74, 6) is -0.222. The van der Waals surface area contributed by atoms with Crippen molar-refractivity contribution in [3.63, 3.8) is 0 Å². The highest BCUT2D eigenvalue weighted by Crippen LogP contribution is 2.48. The molecule has 0 saturated carbocycles. The van der Waals surface area contributed by atoms with Crippen LogP contribution in [-0.4, -0.2) is 25.3 Å². The summed E-state index contributed by atoms with van der Waals surface area (Å²) in [5.41, 5.74) is 8.93. The monoisotopic (exact) mass is 591 g/mol. The van der Waals surface area contributed by atoms with Gasteiger partial charge in [-0.25, -0.2) is 0 Å². The molecule has 4 nitrogen and oxygen atoms in total. The molecule has 2 aliphatic rings. The van der Waals surface area contributed by atoms with Crippen molar-refractivity contribution in [3.8, 4) is 0 Å². The van der Waals surface area contributed by atoms with Crippen molar-refractivity contribution in [1.82, 2.24) is 0 Å². The highest BCUT2D eigenvalue weighted by molar-refractivity contribution is 7.85. The fourth-order valence-electron chi connectivity index (χ4n) is 5.98. The Kier molecular flexibility index (Phi) is 9.22. The Balaban J connectivity index is 1.56. The lowest BCUT2D eigenvalue weighted by Crippen LogP contribution is -2.27. The van der Waals surface area contributed by atoms with Gasteiger partial charge < -0.3 is 4.90 Å². The Labute approximate surface area is 251 Å². The number of anilines is 1. The van der Waals surface area contributed by atoms with E-state index in [0.717, 1.165) is 46.0 Å². The van der Waals surface area contributed by atoms with Gasteiger partial charge in [0.25, 0.3) is 10.1 Å². The molecule has 41 heavy (non-hydrogen) atoms. The first-order valence-electron chi connectivity index (χ1n) is 14.3. The van der Waals surface area contributed by atoms with Gasteiger partial charge in [-0.3, -0.25) is 4.55 Å². The van der Waals surface area contributed by atoms with Gasteiger partial charge in [0.1, 0.15) is 0 Å². The van der Waals surface area contributed by atoms with E-state index in [1.54, 1.807) is 0 Å². The Bertz CT molecular complexity index is 1560. The minimum atomic E-state index is -3.96. The van der Waals surface area contributed by atoms with Crippen LogP contribution >= 0.6 is 11.6 Å². The third-order valence-electron chi connectivity index (χ3n) is 8.61. The van der Waals surface area contributed by atoms with E-state index in [4.69, 9.17) is 16.2 Å². The summed E-state index contributed by atoms with van der Waals surface area (Å²) in [4.78, 5) is 2.28. The van der Waals surface area contributed by atoms with Gasteiger partial charge in [-0.05, 0) is 78.2 Å². The van der Waals surface area contributed by atoms with Crippen LogP contribution in [0.1, 0.15) is 70.1 Å². The number of para-hydroxylation sites is 1. The molecule has 0 saturated heterocycles. The van der Waals surface area contributed by atoms with Crippen molar-refractivity contribution in [2.24, 2.45) is 0 Å². The average molecular weight is 592 g/mol. The second-order valence-electron chi connectivity index (χ2n) is 12.2. The third-order valence-corrected chi connectivity index (χ3v) is 9.90. The molecule has 0 unspecified atom stereocenters. The largest absolute Gasteiger partial charge is 0.344 e. The molecule has 2 aromatic rings. The van der Waals surface area contributed by atoms with Gasteiger partial charge in [0.2, 0.25) is 0 Å². The van der Waals surface area contributed by atoms with Crippen LogP contribution in [0.2, 0.25) is 0 Å². The molecule has 1 heterocycles. The zero-order chi connectivity index (χ0) is 30.0. The van der Waals surface area contributed by atoms with Crippen molar-refractivity contribution >= 4 is 27.4 Å². The molecule has 0 amide bonds. The van der Waals surface area contributed by atoms with Gasteiger partial charge >= 0.3 is 0 Å². The van der Waals surface area contributed by atoms with E-state index in [1.807, 2.05) is 6.07 Å². The number of hydrogen-bond acceptors (Lipinski definition) is 3. The van der Waals surface area contributed by atoms with Crippen LogP contribution < -0.4 is 4.90 Å². The number of unbranched alkanes of at least 4 members (excludes halogenated alkanes) is 1. The number of aryl methyl sites for hydroxylation is 1. The second-order valence-corrected chi connectivity index (χ2v) is 14.1. The van der Waals surface area contributed by atoms with Gasteiger partial charge in [0.15, 0.2) is 0 Å². The molecule has 0 aromatic heterocycles. The van der Waals surface area contributed by atoms with Crippen molar-refractivity contribution in [3.05, 3.63) is 124 Å². The van der Waals surface area contributed by atoms with E-state index in [-0.39, 0.29) is 16.6 Å². The standard InChI is InChI=1S/C35H42ClNO3S/c1-25-13-7-8-14-29(25)34(3,4)26(2)17-18-27-19-20-28(33(27)36)21-22-32-35(5,6)30-15-9-10-16-31(30)37(32)23-11-12-24-41(38,39)40/h7-10,13-18,21-22H,2,11-12,19-20,23-24H2,1,3-6H3,(H,38,39,40)/b18-17+,28-21+,32-22-. The average Bonchev–Trinajstić information content (AvgIpc) is 3.36. The van der Waals surface area contributed by atoms with Crippen molar-refractivity contribution in [2.45, 2.75) is 71.1 Å². The summed E-state index contributed by atoms with van der Waals surface area (Å²) in [6.07, 6.45) is 11.4. The molecule has 4 rings (SSSR count). The number of allylic oxidation sites excluding steroid dienone is 9. The Hall–Kier alpha value is -2.86. The highest BCUT2D eigenvalue weighted by Gasteiger charge is 2.39. The summed E-state index contributed by atoms with van der Waals surface area (Å²) in [7, 11) is -3.96. The molecule has 1 N–H and O–H groups in total. The molecular formula is C35H42ClNO3S. The molecule has 218 valence electrons. The maximum absolute atomic E-state index is 11.2. The first-order chi connectivity index (χ1) is 19.2. The van der Waals surface area contributed by atoms with E-state index in [9.17, 15) is 8.42 Å². The molecule has 2 aromatic carbocycles. The zero-order valence-corrected chi connectivity index (χ0v) is 26.4. The summed E-state index contributed by atoms with van der Waals surface area (Å²) in [5, 5.41) is 0.799. The lowest BCUT2D eigenvalue weighted by atomic mass is 9.76. The smallest absolute Gasteiger partial charge is 0.264 e. The molecule has 6 heteroatoms. The Morgan fingerprint density at radius 2 is 1.76 bits per heavy atom. The minimum absolute atomic E-state index is 0.190. The van der Waals surface area contributed by atoms with Gasteiger partial charge in [0.05, 0.1) is 5.75 Å². The molecule has 0 spiro atoms. The van der Waals surface area contributed by atoms with Crippen LogP contribution in [0.25, 0.3) is 0 Å². The summed E-state index contributed by atoms with van der Waals surface area (Å²) in [6, 6.07) is 16.8. The number of halogens is 1. The van der Waals surface area contributed by atoms with Gasteiger partial charge in [-0.2, -0.15) is 8.42 Å². The normalized spacial score (nSPS) is 19.1. The third kappa shape index (κ3) is 6.80. The summed E-state index contributed by atoms with van der Waals surface area (Å²) >= 11 is 6.92. The lowest BCUT2D eigenvalue weighted by molar-refractivity contribution is 0.480. The van der Waals surface area contributed by atoms with E-state index in [1.165, 1.54) is 16.7 Å². The molecule has 0 atom stereocenters. The molecule has 0 fully saturated rings. The van der Waals surface area contributed by atoms with Crippen LogP contribution in [0.4, 0.5) is 5.69 Å². The van der Waals surface area contributed by atoms with E-state index in [0.29, 0.717) is 19.4 Å². The Morgan fingerprint density at radius 1 is 1.07 bits per heavy atom. The maximum Gasteiger partial charge on any atom is 0.264 e. The second kappa shape index (κ2) is 12.2. The quantitative estimate of drug-likeness (QED) is 0.170. The molecule has 0 bridgehead atoms. The molecule has 0 radical (unpaired) electrons. The number of fused-ring (bicyclic) bond motifs is 1. The van der Waals surface area contributed by atoms with Gasteiger partial charge in [0, 0.05) is 33.8 Å². The van der Waals surface area contributed by atoms with Crippen LogP contribution in [-0.2, 0) is 20.9 Å². The number of hydrogen-bond donors (Lipinski definition) is 1. The van der Waals surface area contributed by atoms with Crippen molar-refractivity contribution in [1.29, 1.82) is 0 Å². The first-order valence-corrected chi connectivity index (χ1v) is 16.3. The van der Waals surface area contributed by atoms with Gasteiger partial charge in [-0.1, -0.05) is 107 Å². The summed E-state index contributed by atoms with van der Waals surface area (Å²) < 4.78 is 31.6. The van der Waals surface area contributed by atoms with Crippen molar-refractivity contribution in [2.75, 3.05) is 17.2 Å². The molecule has 1 aliphatic heterocycles. The summed E-state index contributed by atoms with van der Waals surface area (Å²) in [6.45, 7) is 16.1. The fourth-order valence-corrected chi connectivity index (χ4v) is 6.86. The number of nitrogens with zero attached hydrogens (tertiary/aromatic N) is 1. The van der Waals surface area contributed by atoms with Gasteiger partial charge in [-0.15, -0.1) is 0 Å². The predicted octanol–water partition coefficient (Wildman–Crippen LogP) is 8.95. The number of rotatable bonds is 10. The van der Waals surface area contributed by atoms with Crippen LogP contribution in [0.5, 0.6) is 0 Å². The Morgan fingerprint density at radius 3 is 2.46 bits per heavy atom. The SMILES string of the molecule is C=C(/C=C/C1=C(Cl)C(=C/C=C2\N(CCCCS(=O)(=O)O)c3ccccc3C2(C)C)/CC1)C(C)(C)c1ccccc1C. The maximum atomic E-state index is 11.2. The van der Waals surface area contributed by atoms with E-state index in [2.05, 4.69) is 113 Å². The number of benzene rings is 2. The fraction of sp³-hybridized carbons (Fsp3) is 0.371. The predicted molar refractivity (Wildman–Crippen MR) is 173 cm³/mol.